The van der Waals surface area contributed by atoms with E-state index in [2.05, 4.69) is 31.0 Å². The van der Waals surface area contributed by atoms with E-state index in [9.17, 15) is 23.9 Å². The molecule has 0 radical (unpaired) electrons. The number of nitrogens with zero attached hydrogens (tertiary/aromatic N) is 4. The summed E-state index contributed by atoms with van der Waals surface area (Å²) in [6.45, 7) is 13.3. The van der Waals surface area contributed by atoms with Crippen LogP contribution in [-0.4, -0.2) is 112 Å². The summed E-state index contributed by atoms with van der Waals surface area (Å²) in [6, 6.07) is 2.31. The summed E-state index contributed by atoms with van der Waals surface area (Å²) in [7, 11) is 0. The molecule has 1 aromatic rings. The van der Waals surface area contributed by atoms with Gasteiger partial charge in [0.05, 0.1) is 11.1 Å². The van der Waals surface area contributed by atoms with E-state index in [4.69, 9.17) is 16.3 Å². The van der Waals surface area contributed by atoms with Crippen LogP contribution in [0.15, 0.2) is 18.2 Å². The molecule has 2 N–H and O–H groups in total. The molecule has 0 saturated carbocycles. The van der Waals surface area contributed by atoms with Gasteiger partial charge >= 0.3 is 12.1 Å². The Bertz CT molecular complexity index is 1060. The zero-order valence-corrected chi connectivity index (χ0v) is 24.4. The maximum atomic E-state index is 13.9. The van der Waals surface area contributed by atoms with Gasteiger partial charge in [-0.15, -0.1) is 0 Å². The second-order valence-electron chi connectivity index (χ2n) is 12.0. The van der Waals surface area contributed by atoms with Crippen molar-refractivity contribution in [2.24, 2.45) is 0 Å². The molecule has 1 unspecified atom stereocenters. The first kappa shape index (κ1) is 30.9. The molecule has 0 bridgehead atoms. The minimum atomic E-state index is -0.750. The number of carbonyl (C=O) groups is 3. The molecule has 2 saturated heterocycles. The predicted octanol–water partition coefficient (Wildman–Crippen LogP) is 3.63. The lowest BCUT2D eigenvalue weighted by atomic mass is 10.0. The molecule has 3 rings (SSSR count). The van der Waals surface area contributed by atoms with Crippen molar-refractivity contribution in [3.8, 4) is 0 Å². The van der Waals surface area contributed by atoms with Crippen molar-refractivity contribution in [2.75, 3.05) is 51.2 Å². The topological polar surface area (TPSA) is 106 Å². The molecule has 0 aromatic heterocycles. The van der Waals surface area contributed by atoms with Crippen molar-refractivity contribution in [2.45, 2.75) is 71.2 Å². The third kappa shape index (κ3) is 7.95. The number of piperazine rings is 2. The van der Waals surface area contributed by atoms with Gasteiger partial charge in [-0.05, 0) is 66.2 Å². The summed E-state index contributed by atoms with van der Waals surface area (Å²) in [5.74, 6) is -0.874. The van der Waals surface area contributed by atoms with E-state index in [0.29, 0.717) is 19.6 Å². The average Bonchev–Trinajstić information content (AvgIpc) is 2.84. The highest BCUT2D eigenvalue weighted by atomic mass is 35.5. The number of nitrogens with one attached hydrogen (secondary N) is 1. The van der Waals surface area contributed by atoms with Gasteiger partial charge in [0, 0.05) is 57.1 Å². The summed E-state index contributed by atoms with van der Waals surface area (Å²) in [5.41, 5.74) is -0.652. The molecule has 0 spiro atoms. The van der Waals surface area contributed by atoms with Gasteiger partial charge < -0.3 is 25.0 Å². The molecule has 10 nitrogen and oxygen atoms in total. The minimum Gasteiger partial charge on any atom is -0.444 e. The molecule has 2 fully saturated rings. The molecule has 2 heterocycles. The van der Waals surface area contributed by atoms with Crippen LogP contribution in [-0.2, 0) is 9.53 Å². The lowest BCUT2D eigenvalue weighted by Crippen LogP contribution is -2.66. The summed E-state index contributed by atoms with van der Waals surface area (Å²) in [5, 5.41) is 12.3. The van der Waals surface area contributed by atoms with E-state index in [1.165, 1.54) is 17.0 Å². The maximum Gasteiger partial charge on any atom is 0.411 e. The van der Waals surface area contributed by atoms with E-state index >= 15 is 0 Å². The van der Waals surface area contributed by atoms with Crippen LogP contribution in [0, 0.1) is 5.82 Å². The van der Waals surface area contributed by atoms with Crippen molar-refractivity contribution in [1.29, 1.82) is 0 Å². The lowest BCUT2D eigenvalue weighted by Gasteiger charge is -2.48. The fraction of sp³-hybridized carbons (Fsp3) is 0.667. The normalized spacial score (nSPS) is 21.1. The predicted molar refractivity (Wildman–Crippen MR) is 147 cm³/mol. The number of hydrogen-bond acceptors (Lipinski definition) is 6. The number of carbonyl (C=O) groups excluding carboxylic acids is 3. The summed E-state index contributed by atoms with van der Waals surface area (Å²) in [4.78, 5) is 46.9. The van der Waals surface area contributed by atoms with Crippen molar-refractivity contribution in [3.63, 3.8) is 0 Å². The highest BCUT2D eigenvalue weighted by molar-refractivity contribution is 6.30. The third-order valence-corrected chi connectivity index (χ3v) is 7.24. The van der Waals surface area contributed by atoms with E-state index in [1.54, 1.807) is 30.6 Å². The molecule has 4 amide bonds. The minimum absolute atomic E-state index is 0.0496. The van der Waals surface area contributed by atoms with Crippen LogP contribution in [0.1, 0.15) is 48.0 Å². The van der Waals surface area contributed by atoms with Crippen molar-refractivity contribution in [3.05, 3.63) is 29.0 Å². The Labute approximate surface area is 235 Å². The fourth-order valence-electron chi connectivity index (χ4n) is 4.84. The van der Waals surface area contributed by atoms with Gasteiger partial charge in [0.1, 0.15) is 17.5 Å². The maximum absolute atomic E-state index is 13.9. The molecule has 0 aliphatic carbocycles. The molecule has 39 heavy (non-hydrogen) atoms. The molecule has 218 valence electrons. The Morgan fingerprint density at radius 1 is 1.05 bits per heavy atom. The van der Waals surface area contributed by atoms with Crippen molar-refractivity contribution in [1.82, 2.24) is 19.6 Å². The number of aliphatic hydroxyl groups is 1. The number of ether oxygens (including phenoxy) is 1. The van der Waals surface area contributed by atoms with Gasteiger partial charge in [0.25, 0.3) is 0 Å². The molecule has 2 atom stereocenters. The second-order valence-corrected chi connectivity index (χ2v) is 12.4. The van der Waals surface area contributed by atoms with E-state index in [-0.39, 0.29) is 54.8 Å². The number of aliphatic hydroxyl groups excluding tert-OH is 1. The molecule has 2 aliphatic heterocycles. The van der Waals surface area contributed by atoms with Crippen LogP contribution in [0.4, 0.5) is 19.7 Å². The average molecular weight is 570 g/mol. The van der Waals surface area contributed by atoms with Crippen LogP contribution in [0.3, 0.4) is 0 Å². The van der Waals surface area contributed by atoms with Gasteiger partial charge in [-0.3, -0.25) is 14.6 Å². The van der Waals surface area contributed by atoms with Gasteiger partial charge in [-0.25, -0.2) is 14.0 Å². The first-order chi connectivity index (χ1) is 18.1. The first-order valence-electron chi connectivity index (χ1n) is 13.3. The van der Waals surface area contributed by atoms with Crippen molar-refractivity contribution < 1.29 is 28.6 Å². The van der Waals surface area contributed by atoms with Gasteiger partial charge in [-0.2, -0.15) is 0 Å². The largest absolute Gasteiger partial charge is 0.444 e. The summed E-state index contributed by atoms with van der Waals surface area (Å²) < 4.78 is 19.5. The Morgan fingerprint density at radius 2 is 1.72 bits per heavy atom. The number of anilines is 1. The van der Waals surface area contributed by atoms with Gasteiger partial charge in [-0.1, -0.05) is 11.6 Å². The Morgan fingerprint density at radius 3 is 2.31 bits per heavy atom. The highest BCUT2D eigenvalue weighted by Crippen LogP contribution is 2.25. The number of benzene rings is 1. The summed E-state index contributed by atoms with van der Waals surface area (Å²) in [6.07, 6.45) is -0.282. The second kappa shape index (κ2) is 12.3. The van der Waals surface area contributed by atoms with Crippen LogP contribution in [0.25, 0.3) is 0 Å². The number of halogens is 2. The Balaban J connectivity index is 1.77. The number of urea groups is 1. The smallest absolute Gasteiger partial charge is 0.411 e. The number of amides is 4. The van der Waals surface area contributed by atoms with Crippen LogP contribution < -0.4 is 5.32 Å². The zero-order chi connectivity index (χ0) is 29.1. The first-order valence-corrected chi connectivity index (χ1v) is 13.7. The van der Waals surface area contributed by atoms with Crippen LogP contribution in [0.5, 0.6) is 0 Å². The van der Waals surface area contributed by atoms with E-state index in [1.807, 2.05) is 0 Å². The third-order valence-electron chi connectivity index (χ3n) is 6.93. The molecule has 2 aliphatic rings. The molecule has 1 aromatic carbocycles. The summed E-state index contributed by atoms with van der Waals surface area (Å²) >= 11 is 5.74. The fourth-order valence-corrected chi connectivity index (χ4v) is 4.96. The zero-order valence-electron chi connectivity index (χ0n) is 23.7. The number of rotatable bonds is 4. The van der Waals surface area contributed by atoms with Crippen LogP contribution in [0.2, 0.25) is 5.02 Å². The van der Waals surface area contributed by atoms with E-state index in [0.717, 1.165) is 6.07 Å². The Hall–Kier alpha value is -2.63. The molecule has 12 heteroatoms. The standard InChI is InChI=1S/C27H41ClFN5O5/c1-26(2,3)32-11-13-34(25(38)39-27(4,5)6)22(17-32)23(36)31-10-12-33(19(16-31)9-14-35)24(37)30-18-7-8-20(28)21(29)15-18/h7-8,15,19,22,35H,9-14,16-17H2,1-6H3,(H,30,37)/t19-,22?/m1/s1. The van der Waals surface area contributed by atoms with Gasteiger partial charge in [0.2, 0.25) is 5.91 Å². The quantitative estimate of drug-likeness (QED) is 0.574. The monoisotopic (exact) mass is 569 g/mol. The van der Waals surface area contributed by atoms with Crippen LogP contribution >= 0.6 is 11.6 Å². The Kier molecular flexibility index (Phi) is 9.72. The highest BCUT2D eigenvalue weighted by Gasteiger charge is 2.43. The number of hydrogen-bond donors (Lipinski definition) is 2. The SMILES string of the molecule is CC(C)(C)OC(=O)N1CCN(C(C)(C)C)CC1C(=O)N1CCN(C(=O)Nc2ccc(Cl)c(F)c2)[C@H](CCO)C1. The lowest BCUT2D eigenvalue weighted by molar-refractivity contribution is -0.143. The van der Waals surface area contributed by atoms with Gasteiger partial charge in [0.15, 0.2) is 0 Å². The van der Waals surface area contributed by atoms with E-state index < -0.39 is 35.6 Å². The molecular formula is C27H41ClFN5O5. The molecular weight excluding hydrogens is 529 g/mol. The van der Waals surface area contributed by atoms with Crippen molar-refractivity contribution >= 4 is 35.3 Å².